The first-order chi connectivity index (χ1) is 23.8. The van der Waals surface area contributed by atoms with Gasteiger partial charge >= 0.3 is 0 Å². The number of benzene rings is 4. The molecule has 1 aliphatic heterocycles. The Morgan fingerprint density at radius 1 is 1.08 bits per heavy atom. The molecule has 3 atom stereocenters. The van der Waals surface area contributed by atoms with Crippen molar-refractivity contribution in [2.24, 2.45) is 5.92 Å². The standard InChI is InChI=1S/C37H42ClN5O6S/c1-24-20-43(25(2)23-44)36(45)19-28-18-30(41-50(47,48)31-15-12-29(38)13-16-31)14-17-34(28)49-35(24)22-42(3)21-26-8-10-27(11-9-26)37(46)40-33-7-5-4-6-32(33)39/h4-18,24-25,35,41,44H,19-23,39H2,1-3H3,(H,40,46)/t24-,25+,35-/m0/s1. The summed E-state index contributed by atoms with van der Waals surface area (Å²) in [6.45, 7) is 5.02. The summed E-state index contributed by atoms with van der Waals surface area (Å²) in [5.41, 5.74) is 9.30. The third kappa shape index (κ3) is 9.13. The molecule has 0 radical (unpaired) electrons. The molecule has 0 unspecified atom stereocenters. The second-order valence-electron chi connectivity index (χ2n) is 12.7. The summed E-state index contributed by atoms with van der Waals surface area (Å²) in [5, 5.41) is 13.2. The number of nitrogens with two attached hydrogens (primary N) is 1. The average Bonchev–Trinajstić information content (AvgIpc) is 3.12. The second-order valence-corrected chi connectivity index (χ2v) is 14.8. The van der Waals surface area contributed by atoms with Crippen LogP contribution in [0, 0.1) is 5.92 Å². The lowest BCUT2D eigenvalue weighted by molar-refractivity contribution is -0.134. The fourth-order valence-electron chi connectivity index (χ4n) is 5.79. The number of anilines is 3. The van der Waals surface area contributed by atoms with E-state index in [0.29, 0.717) is 52.9 Å². The van der Waals surface area contributed by atoms with E-state index in [1.165, 1.54) is 24.3 Å². The predicted octanol–water partition coefficient (Wildman–Crippen LogP) is 5.26. The number of hydrogen-bond donors (Lipinski definition) is 4. The van der Waals surface area contributed by atoms with Crippen LogP contribution in [0.4, 0.5) is 17.1 Å². The monoisotopic (exact) mass is 719 g/mol. The Labute approximate surface area is 298 Å². The van der Waals surface area contributed by atoms with E-state index in [1.54, 1.807) is 66.4 Å². The Bertz CT molecular complexity index is 1920. The van der Waals surface area contributed by atoms with Crippen LogP contribution in [0.25, 0.3) is 0 Å². The quantitative estimate of drug-likeness (QED) is 0.153. The van der Waals surface area contributed by atoms with Gasteiger partial charge in [-0.05, 0) is 86.3 Å². The number of fused-ring (bicyclic) bond motifs is 1. The number of halogens is 1. The van der Waals surface area contributed by atoms with E-state index in [9.17, 15) is 23.1 Å². The minimum atomic E-state index is -3.92. The van der Waals surface area contributed by atoms with Gasteiger partial charge in [0.05, 0.1) is 35.3 Å². The van der Waals surface area contributed by atoms with E-state index < -0.39 is 16.1 Å². The van der Waals surface area contributed by atoms with Gasteiger partial charge in [0.25, 0.3) is 15.9 Å². The Hall–Kier alpha value is -4.62. The van der Waals surface area contributed by atoms with Crippen molar-refractivity contribution >= 4 is 50.5 Å². The maximum Gasteiger partial charge on any atom is 0.261 e. The third-order valence-electron chi connectivity index (χ3n) is 8.66. The van der Waals surface area contributed by atoms with Gasteiger partial charge in [-0.2, -0.15) is 0 Å². The molecule has 0 bridgehead atoms. The number of amides is 2. The summed E-state index contributed by atoms with van der Waals surface area (Å²) in [7, 11) is -1.95. The van der Waals surface area contributed by atoms with Gasteiger partial charge in [-0.1, -0.05) is 42.8 Å². The number of carbonyl (C=O) groups is 2. The van der Waals surface area contributed by atoms with Crippen LogP contribution in [0.3, 0.4) is 0 Å². The molecule has 5 N–H and O–H groups in total. The summed E-state index contributed by atoms with van der Waals surface area (Å²) in [6.07, 6.45) is -0.404. The number of ether oxygens (including phenoxy) is 1. The molecule has 50 heavy (non-hydrogen) atoms. The summed E-state index contributed by atoms with van der Waals surface area (Å²) in [6, 6.07) is 24.7. The van der Waals surface area contributed by atoms with E-state index in [2.05, 4.69) is 14.9 Å². The van der Waals surface area contributed by atoms with Gasteiger partial charge in [0.1, 0.15) is 11.9 Å². The third-order valence-corrected chi connectivity index (χ3v) is 10.3. The van der Waals surface area contributed by atoms with Crippen molar-refractivity contribution in [3.8, 4) is 5.75 Å². The summed E-state index contributed by atoms with van der Waals surface area (Å²) in [5.74, 6) is -0.104. The molecule has 0 saturated heterocycles. The Morgan fingerprint density at radius 2 is 1.78 bits per heavy atom. The fourth-order valence-corrected chi connectivity index (χ4v) is 6.96. The molecule has 1 heterocycles. The Kier molecular flexibility index (Phi) is 11.7. The van der Waals surface area contributed by atoms with Crippen molar-refractivity contribution in [2.45, 2.75) is 43.9 Å². The highest BCUT2D eigenvalue weighted by Crippen LogP contribution is 2.30. The smallest absolute Gasteiger partial charge is 0.261 e. The van der Waals surface area contributed by atoms with Crippen LogP contribution in [-0.2, 0) is 27.8 Å². The molecule has 4 aromatic carbocycles. The highest BCUT2D eigenvalue weighted by atomic mass is 35.5. The lowest BCUT2D eigenvalue weighted by atomic mass is 10.0. The molecule has 0 aromatic heterocycles. The first-order valence-electron chi connectivity index (χ1n) is 16.2. The molecule has 0 aliphatic carbocycles. The molecule has 0 saturated carbocycles. The van der Waals surface area contributed by atoms with Gasteiger partial charge < -0.3 is 25.8 Å². The van der Waals surface area contributed by atoms with E-state index in [1.807, 2.05) is 26.1 Å². The van der Waals surface area contributed by atoms with Crippen molar-refractivity contribution in [2.75, 3.05) is 42.5 Å². The maximum atomic E-state index is 13.6. The zero-order valence-corrected chi connectivity index (χ0v) is 29.7. The number of rotatable bonds is 11. The zero-order chi connectivity index (χ0) is 36.0. The molecule has 2 amide bonds. The van der Waals surface area contributed by atoms with Crippen LogP contribution < -0.4 is 20.5 Å². The number of aliphatic hydroxyl groups excluding tert-OH is 1. The minimum Gasteiger partial charge on any atom is -0.488 e. The molecule has 0 spiro atoms. The number of aliphatic hydroxyl groups is 1. The van der Waals surface area contributed by atoms with Crippen LogP contribution >= 0.6 is 11.6 Å². The molecule has 1 aliphatic rings. The van der Waals surface area contributed by atoms with Gasteiger partial charge in [-0.15, -0.1) is 0 Å². The van der Waals surface area contributed by atoms with Crippen LogP contribution in [0.1, 0.15) is 35.3 Å². The van der Waals surface area contributed by atoms with Crippen molar-refractivity contribution in [3.63, 3.8) is 0 Å². The number of para-hydroxylation sites is 2. The average molecular weight is 720 g/mol. The van der Waals surface area contributed by atoms with Gasteiger partial charge in [0, 0.05) is 47.4 Å². The molecule has 13 heteroatoms. The summed E-state index contributed by atoms with van der Waals surface area (Å²) < 4.78 is 35.4. The number of nitrogens with zero attached hydrogens (tertiary/aromatic N) is 2. The zero-order valence-electron chi connectivity index (χ0n) is 28.2. The molecule has 5 rings (SSSR count). The maximum absolute atomic E-state index is 13.6. The Balaban J connectivity index is 1.33. The summed E-state index contributed by atoms with van der Waals surface area (Å²) >= 11 is 5.94. The molecule has 4 aromatic rings. The molecular weight excluding hydrogens is 678 g/mol. The van der Waals surface area contributed by atoms with Crippen LogP contribution in [0.2, 0.25) is 5.02 Å². The Morgan fingerprint density at radius 3 is 2.46 bits per heavy atom. The molecular formula is C37H42ClN5O6S. The largest absolute Gasteiger partial charge is 0.488 e. The lowest BCUT2D eigenvalue weighted by Gasteiger charge is -2.34. The van der Waals surface area contributed by atoms with Gasteiger partial charge in [-0.25, -0.2) is 8.42 Å². The van der Waals surface area contributed by atoms with E-state index >= 15 is 0 Å². The molecule has 264 valence electrons. The minimum absolute atomic E-state index is 0.0394. The van der Waals surface area contributed by atoms with Crippen molar-refractivity contribution in [1.82, 2.24) is 9.80 Å². The van der Waals surface area contributed by atoms with E-state index in [0.717, 1.165) is 5.56 Å². The second kappa shape index (κ2) is 15.9. The first-order valence-corrected chi connectivity index (χ1v) is 18.1. The van der Waals surface area contributed by atoms with Crippen molar-refractivity contribution in [3.05, 3.63) is 113 Å². The first kappa shape index (κ1) is 36.7. The van der Waals surface area contributed by atoms with E-state index in [-0.39, 0.29) is 47.4 Å². The van der Waals surface area contributed by atoms with Crippen LogP contribution in [0.15, 0.2) is 95.9 Å². The lowest BCUT2D eigenvalue weighted by Crippen LogP contribution is -2.47. The van der Waals surface area contributed by atoms with Crippen molar-refractivity contribution < 1.29 is 27.9 Å². The number of nitrogen functional groups attached to an aromatic ring is 1. The highest BCUT2D eigenvalue weighted by Gasteiger charge is 2.31. The predicted molar refractivity (Wildman–Crippen MR) is 196 cm³/mol. The number of sulfonamides is 1. The topological polar surface area (TPSA) is 154 Å². The number of likely N-dealkylation sites (N-methyl/N-ethyl adjacent to an activating group) is 1. The fraction of sp³-hybridized carbons (Fsp3) is 0.297. The normalized spacial score (nSPS) is 17.2. The number of nitrogens with one attached hydrogen (secondary N) is 2. The van der Waals surface area contributed by atoms with Gasteiger partial charge in [0.2, 0.25) is 5.91 Å². The molecule has 0 fully saturated rings. The summed E-state index contributed by atoms with van der Waals surface area (Å²) in [4.78, 5) is 30.2. The van der Waals surface area contributed by atoms with Gasteiger partial charge in [0.15, 0.2) is 0 Å². The van der Waals surface area contributed by atoms with Crippen molar-refractivity contribution in [1.29, 1.82) is 0 Å². The van der Waals surface area contributed by atoms with Crippen LogP contribution in [-0.4, -0.2) is 74.0 Å². The molecule has 11 nitrogen and oxygen atoms in total. The number of hydrogen-bond acceptors (Lipinski definition) is 8. The highest BCUT2D eigenvalue weighted by molar-refractivity contribution is 7.92. The van der Waals surface area contributed by atoms with E-state index in [4.69, 9.17) is 22.1 Å². The van der Waals surface area contributed by atoms with Crippen LogP contribution in [0.5, 0.6) is 5.75 Å². The SMILES string of the molecule is C[C@H](CO)N1C[C@H](C)[C@H](CN(C)Cc2ccc(C(=O)Nc3ccccc3N)cc2)Oc2ccc(NS(=O)(=O)c3ccc(Cl)cc3)cc2CC1=O. The number of carbonyl (C=O) groups excluding carboxylic acids is 2. The van der Waals surface area contributed by atoms with Gasteiger partial charge in [-0.3, -0.25) is 19.2 Å².